The van der Waals surface area contributed by atoms with Gasteiger partial charge in [-0.15, -0.1) is 0 Å². The molecule has 1 N–H and O–H groups in total. The van der Waals surface area contributed by atoms with Gasteiger partial charge in [0.1, 0.15) is 0 Å². The van der Waals surface area contributed by atoms with Crippen molar-refractivity contribution in [3.05, 3.63) is 47.0 Å². The average molecular weight is 277 g/mol. The van der Waals surface area contributed by atoms with Gasteiger partial charge in [0.25, 0.3) is 5.91 Å². The van der Waals surface area contributed by atoms with Gasteiger partial charge in [0.15, 0.2) is 11.6 Å². The van der Waals surface area contributed by atoms with Gasteiger partial charge in [0, 0.05) is 19.3 Å². The number of rotatable bonds is 4. The topological polar surface area (TPSA) is 58.2 Å². The third kappa shape index (κ3) is 2.79. The Morgan fingerprint density at radius 1 is 1.50 bits per heavy atom. The first-order valence-electron chi connectivity index (χ1n) is 6.10. The zero-order valence-corrected chi connectivity index (χ0v) is 11.6. The van der Waals surface area contributed by atoms with Crippen LogP contribution < -0.4 is 4.74 Å². The van der Waals surface area contributed by atoms with Gasteiger partial charge in [0.2, 0.25) is 0 Å². The van der Waals surface area contributed by atoms with E-state index in [2.05, 4.69) is 10.2 Å². The number of nitrogens with zero attached hydrogens (tertiary/aromatic N) is 2. The van der Waals surface area contributed by atoms with E-state index < -0.39 is 5.82 Å². The predicted molar refractivity (Wildman–Crippen MR) is 72.1 cm³/mol. The van der Waals surface area contributed by atoms with E-state index in [0.29, 0.717) is 23.4 Å². The summed E-state index contributed by atoms with van der Waals surface area (Å²) >= 11 is 0. The van der Waals surface area contributed by atoms with Crippen molar-refractivity contribution in [2.75, 3.05) is 14.2 Å². The highest BCUT2D eigenvalue weighted by Crippen LogP contribution is 2.19. The molecule has 6 heteroatoms. The monoisotopic (exact) mass is 277 g/mol. The smallest absolute Gasteiger partial charge is 0.257 e. The number of benzene rings is 1. The van der Waals surface area contributed by atoms with E-state index in [1.54, 1.807) is 26.1 Å². The van der Waals surface area contributed by atoms with Gasteiger partial charge < -0.3 is 9.64 Å². The summed E-state index contributed by atoms with van der Waals surface area (Å²) in [6.45, 7) is 2.09. The van der Waals surface area contributed by atoms with Crippen LogP contribution >= 0.6 is 0 Å². The van der Waals surface area contributed by atoms with Crippen LogP contribution in [0.2, 0.25) is 0 Å². The number of ether oxygens (including phenoxy) is 1. The maximum atomic E-state index is 13.6. The number of hydrogen-bond donors (Lipinski definition) is 1. The van der Waals surface area contributed by atoms with Crippen LogP contribution in [-0.4, -0.2) is 35.2 Å². The molecule has 0 fully saturated rings. The van der Waals surface area contributed by atoms with E-state index in [4.69, 9.17) is 4.74 Å². The van der Waals surface area contributed by atoms with Crippen molar-refractivity contribution < 1.29 is 13.9 Å². The molecule has 0 saturated heterocycles. The molecular weight excluding hydrogens is 261 g/mol. The maximum Gasteiger partial charge on any atom is 0.257 e. The molecule has 1 heterocycles. The Bertz CT molecular complexity index is 625. The standard InChI is InChI=1S/C14H16FN3O2/c1-9-11(7-16-17-9)14(19)18(2)8-10-4-5-13(20-3)12(15)6-10/h4-7H,8H2,1-3H3,(H,16,17). The minimum absolute atomic E-state index is 0.160. The van der Waals surface area contributed by atoms with E-state index in [1.807, 2.05) is 0 Å². The highest BCUT2D eigenvalue weighted by Gasteiger charge is 2.16. The summed E-state index contributed by atoms with van der Waals surface area (Å²) in [7, 11) is 3.08. The number of carbonyl (C=O) groups excluding carboxylic acids is 1. The van der Waals surface area contributed by atoms with Gasteiger partial charge in [0.05, 0.1) is 18.9 Å². The number of amides is 1. The predicted octanol–water partition coefficient (Wildman–Crippen LogP) is 2.14. The van der Waals surface area contributed by atoms with Crippen LogP contribution in [0, 0.1) is 12.7 Å². The Hall–Kier alpha value is -2.37. The summed E-state index contributed by atoms with van der Waals surface area (Å²) in [4.78, 5) is 13.7. The first-order chi connectivity index (χ1) is 9.52. The second kappa shape index (κ2) is 5.73. The summed E-state index contributed by atoms with van der Waals surface area (Å²) in [6, 6.07) is 4.64. The SMILES string of the molecule is COc1ccc(CN(C)C(=O)c2cn[nH]c2C)cc1F. The summed E-state index contributed by atoms with van der Waals surface area (Å²) in [6.07, 6.45) is 1.49. The molecule has 0 aliphatic rings. The van der Waals surface area contributed by atoms with Crippen LogP contribution in [-0.2, 0) is 6.54 Å². The number of halogens is 1. The molecule has 1 aromatic carbocycles. The molecule has 2 rings (SSSR count). The van der Waals surface area contributed by atoms with Crippen LogP contribution in [0.3, 0.4) is 0 Å². The van der Waals surface area contributed by atoms with Crippen LogP contribution in [0.1, 0.15) is 21.6 Å². The number of aromatic nitrogens is 2. The second-order valence-electron chi connectivity index (χ2n) is 4.54. The lowest BCUT2D eigenvalue weighted by Crippen LogP contribution is -2.26. The number of hydrogen-bond acceptors (Lipinski definition) is 3. The Morgan fingerprint density at radius 2 is 2.25 bits per heavy atom. The minimum atomic E-state index is -0.439. The fourth-order valence-corrected chi connectivity index (χ4v) is 1.93. The Labute approximate surface area is 116 Å². The normalized spacial score (nSPS) is 10.4. The minimum Gasteiger partial charge on any atom is -0.494 e. The lowest BCUT2D eigenvalue weighted by atomic mass is 10.1. The van der Waals surface area contributed by atoms with E-state index in [-0.39, 0.29) is 11.7 Å². The van der Waals surface area contributed by atoms with Crippen molar-refractivity contribution in [1.29, 1.82) is 0 Å². The molecule has 2 aromatic rings. The van der Waals surface area contributed by atoms with Crippen molar-refractivity contribution in [2.24, 2.45) is 0 Å². The molecule has 1 amide bonds. The second-order valence-corrected chi connectivity index (χ2v) is 4.54. The molecule has 106 valence electrons. The molecule has 0 bridgehead atoms. The van der Waals surface area contributed by atoms with Crippen molar-refractivity contribution in [3.63, 3.8) is 0 Å². The molecule has 0 spiro atoms. The average Bonchev–Trinajstić information content (AvgIpc) is 2.84. The van der Waals surface area contributed by atoms with Crippen LogP contribution in [0.4, 0.5) is 4.39 Å². The fourth-order valence-electron chi connectivity index (χ4n) is 1.93. The van der Waals surface area contributed by atoms with Crippen molar-refractivity contribution in [3.8, 4) is 5.75 Å². The third-order valence-corrected chi connectivity index (χ3v) is 3.04. The number of nitrogens with one attached hydrogen (secondary N) is 1. The Balaban J connectivity index is 2.12. The molecule has 5 nitrogen and oxygen atoms in total. The van der Waals surface area contributed by atoms with Crippen molar-refractivity contribution >= 4 is 5.91 Å². The molecule has 0 aliphatic carbocycles. The van der Waals surface area contributed by atoms with E-state index in [1.165, 1.54) is 24.3 Å². The van der Waals surface area contributed by atoms with Gasteiger partial charge in [-0.25, -0.2) is 4.39 Å². The molecule has 20 heavy (non-hydrogen) atoms. The molecule has 0 unspecified atom stereocenters. The lowest BCUT2D eigenvalue weighted by molar-refractivity contribution is 0.0784. The highest BCUT2D eigenvalue weighted by atomic mass is 19.1. The van der Waals surface area contributed by atoms with Gasteiger partial charge in [-0.2, -0.15) is 5.10 Å². The number of H-pyrrole nitrogens is 1. The van der Waals surface area contributed by atoms with E-state index in [9.17, 15) is 9.18 Å². The van der Waals surface area contributed by atoms with Crippen LogP contribution in [0.5, 0.6) is 5.75 Å². The van der Waals surface area contributed by atoms with Gasteiger partial charge >= 0.3 is 0 Å². The van der Waals surface area contributed by atoms with E-state index in [0.717, 1.165) is 0 Å². The molecule has 0 atom stereocenters. The van der Waals surface area contributed by atoms with Gasteiger partial charge in [-0.1, -0.05) is 6.07 Å². The van der Waals surface area contributed by atoms with Crippen LogP contribution in [0.15, 0.2) is 24.4 Å². The molecule has 1 aromatic heterocycles. The summed E-state index contributed by atoms with van der Waals surface area (Å²) in [5.41, 5.74) is 1.92. The number of aromatic amines is 1. The first-order valence-corrected chi connectivity index (χ1v) is 6.10. The molecular formula is C14H16FN3O2. The zero-order valence-electron chi connectivity index (χ0n) is 11.6. The van der Waals surface area contributed by atoms with E-state index >= 15 is 0 Å². The van der Waals surface area contributed by atoms with Gasteiger partial charge in [-0.3, -0.25) is 9.89 Å². The molecule has 0 radical (unpaired) electrons. The number of aryl methyl sites for hydroxylation is 1. The van der Waals surface area contributed by atoms with Crippen molar-refractivity contribution in [2.45, 2.75) is 13.5 Å². The van der Waals surface area contributed by atoms with Gasteiger partial charge in [-0.05, 0) is 24.6 Å². The fraction of sp³-hybridized carbons (Fsp3) is 0.286. The maximum absolute atomic E-state index is 13.6. The zero-order chi connectivity index (χ0) is 14.7. The summed E-state index contributed by atoms with van der Waals surface area (Å²) in [5.74, 6) is -0.411. The van der Waals surface area contributed by atoms with Crippen LogP contribution in [0.25, 0.3) is 0 Å². The highest BCUT2D eigenvalue weighted by molar-refractivity contribution is 5.94. The van der Waals surface area contributed by atoms with Crippen molar-refractivity contribution in [1.82, 2.24) is 15.1 Å². The molecule has 0 aliphatic heterocycles. The lowest BCUT2D eigenvalue weighted by Gasteiger charge is -2.17. The number of carbonyl (C=O) groups is 1. The number of methoxy groups -OCH3 is 1. The Morgan fingerprint density at radius 3 is 2.80 bits per heavy atom. The first kappa shape index (κ1) is 14.0. The third-order valence-electron chi connectivity index (χ3n) is 3.04. The molecule has 0 saturated carbocycles. The quantitative estimate of drug-likeness (QED) is 0.931. The largest absolute Gasteiger partial charge is 0.494 e. The summed E-state index contributed by atoms with van der Waals surface area (Å²) < 4.78 is 18.5. The summed E-state index contributed by atoms with van der Waals surface area (Å²) in [5, 5.41) is 6.54. The Kier molecular flexibility index (Phi) is 4.02.